The number of methoxy groups -OCH3 is 2. The van der Waals surface area contributed by atoms with Crippen LogP contribution in [0, 0.1) is 0 Å². The van der Waals surface area contributed by atoms with Crippen LogP contribution in [-0.4, -0.2) is 58.9 Å². The van der Waals surface area contributed by atoms with Crippen LogP contribution < -0.4 is 0 Å². The van der Waals surface area contributed by atoms with Crippen molar-refractivity contribution in [2.45, 2.75) is 19.3 Å². The minimum atomic E-state index is -3.24. The SMILES string of the molecule is COCCCS(=O)(=O)N(C)CCCC(=O)OC. The maximum Gasteiger partial charge on any atom is 0.305 e. The highest BCUT2D eigenvalue weighted by molar-refractivity contribution is 7.89. The van der Waals surface area contributed by atoms with Gasteiger partial charge < -0.3 is 9.47 Å². The van der Waals surface area contributed by atoms with Crippen LogP contribution in [-0.2, 0) is 24.3 Å². The van der Waals surface area contributed by atoms with Crippen LogP contribution in [0.5, 0.6) is 0 Å². The van der Waals surface area contributed by atoms with E-state index >= 15 is 0 Å². The van der Waals surface area contributed by atoms with Gasteiger partial charge in [-0.3, -0.25) is 4.79 Å². The fraction of sp³-hybridized carbons (Fsp3) is 0.900. The number of hydrogen-bond donors (Lipinski definition) is 0. The molecule has 0 aromatic heterocycles. The molecule has 7 heteroatoms. The summed E-state index contributed by atoms with van der Waals surface area (Å²) in [5.74, 6) is -0.259. The van der Waals surface area contributed by atoms with Gasteiger partial charge in [0.2, 0.25) is 10.0 Å². The topological polar surface area (TPSA) is 72.9 Å². The van der Waals surface area contributed by atoms with Crippen molar-refractivity contribution in [1.29, 1.82) is 0 Å². The minimum Gasteiger partial charge on any atom is -0.469 e. The van der Waals surface area contributed by atoms with Crippen molar-refractivity contribution in [2.75, 3.05) is 40.2 Å². The van der Waals surface area contributed by atoms with E-state index in [0.717, 1.165) is 0 Å². The summed E-state index contributed by atoms with van der Waals surface area (Å²) in [7, 11) is 1.12. The highest BCUT2D eigenvalue weighted by Crippen LogP contribution is 2.03. The molecule has 0 aliphatic rings. The first-order chi connectivity index (χ1) is 7.94. The Balaban J connectivity index is 3.94. The fourth-order valence-corrected chi connectivity index (χ4v) is 2.43. The van der Waals surface area contributed by atoms with Gasteiger partial charge in [0.05, 0.1) is 12.9 Å². The van der Waals surface area contributed by atoms with Gasteiger partial charge in [0, 0.05) is 33.7 Å². The summed E-state index contributed by atoms with van der Waals surface area (Å²) in [6, 6.07) is 0. The molecule has 0 bridgehead atoms. The number of sulfonamides is 1. The summed E-state index contributed by atoms with van der Waals surface area (Å²) >= 11 is 0. The zero-order valence-corrected chi connectivity index (χ0v) is 11.5. The van der Waals surface area contributed by atoms with Crippen molar-refractivity contribution >= 4 is 16.0 Å². The summed E-state index contributed by atoms with van der Waals surface area (Å²) in [4.78, 5) is 10.8. The largest absolute Gasteiger partial charge is 0.469 e. The van der Waals surface area contributed by atoms with Gasteiger partial charge in [-0.05, 0) is 12.8 Å². The number of rotatable bonds is 9. The molecular formula is C10H21NO5S. The summed E-state index contributed by atoms with van der Waals surface area (Å²) in [5, 5.41) is 0. The molecule has 6 nitrogen and oxygen atoms in total. The second kappa shape index (κ2) is 8.43. The highest BCUT2D eigenvalue weighted by Gasteiger charge is 2.17. The smallest absolute Gasteiger partial charge is 0.305 e. The molecule has 0 spiro atoms. The first-order valence-electron chi connectivity index (χ1n) is 5.43. The molecule has 0 atom stereocenters. The van der Waals surface area contributed by atoms with Gasteiger partial charge in [0.15, 0.2) is 0 Å². The second-order valence-corrected chi connectivity index (χ2v) is 5.86. The normalized spacial score (nSPS) is 11.8. The van der Waals surface area contributed by atoms with Gasteiger partial charge in [0.25, 0.3) is 0 Å². The van der Waals surface area contributed by atoms with Crippen LogP contribution in [0.15, 0.2) is 0 Å². The molecule has 17 heavy (non-hydrogen) atoms. The van der Waals surface area contributed by atoms with Crippen molar-refractivity contribution in [1.82, 2.24) is 4.31 Å². The van der Waals surface area contributed by atoms with Crippen LogP contribution in [0.2, 0.25) is 0 Å². The zero-order chi connectivity index (χ0) is 13.3. The van der Waals surface area contributed by atoms with Gasteiger partial charge in [-0.25, -0.2) is 12.7 Å². The fourth-order valence-electron chi connectivity index (χ4n) is 1.23. The number of ether oxygens (including phenoxy) is 2. The van der Waals surface area contributed by atoms with Crippen molar-refractivity contribution < 1.29 is 22.7 Å². The van der Waals surface area contributed by atoms with Crippen LogP contribution in [0.4, 0.5) is 0 Å². The van der Waals surface area contributed by atoms with E-state index in [2.05, 4.69) is 4.74 Å². The lowest BCUT2D eigenvalue weighted by molar-refractivity contribution is -0.140. The maximum atomic E-state index is 11.7. The Morgan fingerprint density at radius 2 is 1.88 bits per heavy atom. The lowest BCUT2D eigenvalue weighted by Gasteiger charge is -2.16. The zero-order valence-electron chi connectivity index (χ0n) is 10.6. The van der Waals surface area contributed by atoms with Gasteiger partial charge in [-0.15, -0.1) is 0 Å². The van der Waals surface area contributed by atoms with E-state index in [1.807, 2.05) is 0 Å². The molecule has 0 saturated heterocycles. The van der Waals surface area contributed by atoms with Gasteiger partial charge in [-0.1, -0.05) is 0 Å². The number of nitrogens with zero attached hydrogens (tertiary/aromatic N) is 1. The Morgan fingerprint density at radius 3 is 2.41 bits per heavy atom. The molecule has 102 valence electrons. The first kappa shape index (κ1) is 16.3. The Kier molecular flexibility index (Phi) is 8.11. The van der Waals surface area contributed by atoms with Crippen molar-refractivity contribution in [2.24, 2.45) is 0 Å². The van der Waals surface area contributed by atoms with Crippen molar-refractivity contribution in [3.05, 3.63) is 0 Å². The van der Waals surface area contributed by atoms with E-state index in [1.165, 1.54) is 25.6 Å². The van der Waals surface area contributed by atoms with E-state index < -0.39 is 10.0 Å². The Morgan fingerprint density at radius 1 is 1.24 bits per heavy atom. The number of esters is 1. The second-order valence-electron chi connectivity index (χ2n) is 3.66. The third-order valence-electron chi connectivity index (χ3n) is 2.31. The average molecular weight is 267 g/mol. The van der Waals surface area contributed by atoms with E-state index in [-0.39, 0.29) is 18.1 Å². The summed E-state index contributed by atoms with van der Waals surface area (Å²) in [5.41, 5.74) is 0. The predicted molar refractivity (Wildman–Crippen MR) is 64.2 cm³/mol. The summed E-state index contributed by atoms with van der Waals surface area (Å²) in [6.45, 7) is 0.750. The number of carbonyl (C=O) groups is 1. The summed E-state index contributed by atoms with van der Waals surface area (Å²) in [6.07, 6.45) is 1.17. The van der Waals surface area contributed by atoms with Gasteiger partial charge in [-0.2, -0.15) is 0 Å². The van der Waals surface area contributed by atoms with Crippen LogP contribution in [0.3, 0.4) is 0 Å². The predicted octanol–water partition coefficient (Wildman–Crippen LogP) is 0.238. The van der Waals surface area contributed by atoms with Crippen LogP contribution >= 0.6 is 0 Å². The molecular weight excluding hydrogens is 246 g/mol. The molecule has 0 aliphatic heterocycles. The highest BCUT2D eigenvalue weighted by atomic mass is 32.2. The molecule has 0 aromatic carbocycles. The lowest BCUT2D eigenvalue weighted by Crippen LogP contribution is -2.30. The number of carbonyl (C=O) groups excluding carboxylic acids is 1. The van der Waals surface area contributed by atoms with E-state index in [0.29, 0.717) is 26.0 Å². The van der Waals surface area contributed by atoms with Crippen LogP contribution in [0.25, 0.3) is 0 Å². The quantitative estimate of drug-likeness (QED) is 0.442. The van der Waals surface area contributed by atoms with Crippen LogP contribution in [0.1, 0.15) is 19.3 Å². The number of hydrogen-bond acceptors (Lipinski definition) is 5. The molecule has 0 radical (unpaired) electrons. The molecule has 0 aliphatic carbocycles. The van der Waals surface area contributed by atoms with Gasteiger partial charge in [0.1, 0.15) is 0 Å². The standard InChI is InChI=1S/C10H21NO5S/c1-11(7-4-6-10(12)16-3)17(13,14)9-5-8-15-2/h4-9H2,1-3H3. The molecule has 0 amide bonds. The molecule has 0 rings (SSSR count). The van der Waals surface area contributed by atoms with E-state index in [4.69, 9.17) is 4.74 Å². The van der Waals surface area contributed by atoms with Crippen molar-refractivity contribution in [3.63, 3.8) is 0 Å². The average Bonchev–Trinajstić information content (AvgIpc) is 2.28. The Bertz CT molecular complexity index is 315. The molecule has 0 saturated carbocycles. The maximum absolute atomic E-state index is 11.7. The minimum absolute atomic E-state index is 0.0650. The van der Waals surface area contributed by atoms with Crippen molar-refractivity contribution in [3.8, 4) is 0 Å². The third-order valence-corrected chi connectivity index (χ3v) is 4.24. The first-order valence-corrected chi connectivity index (χ1v) is 7.04. The lowest BCUT2D eigenvalue weighted by atomic mass is 10.3. The van der Waals surface area contributed by atoms with Gasteiger partial charge >= 0.3 is 5.97 Å². The third kappa shape index (κ3) is 7.30. The summed E-state index contributed by atoms with van der Waals surface area (Å²) < 4.78 is 34.0. The molecule has 0 N–H and O–H groups in total. The molecule has 0 heterocycles. The van der Waals surface area contributed by atoms with E-state index in [1.54, 1.807) is 0 Å². The Labute approximate surface area is 103 Å². The molecule has 0 aromatic rings. The molecule has 0 unspecified atom stereocenters. The monoisotopic (exact) mass is 267 g/mol. The van der Waals surface area contributed by atoms with E-state index in [9.17, 15) is 13.2 Å². The Hall–Kier alpha value is -0.660. The molecule has 0 fully saturated rings.